The van der Waals surface area contributed by atoms with Crippen molar-refractivity contribution in [3.63, 3.8) is 0 Å². The SMILES string of the molecule is Cc1ccc(Cl)c(NC(=O)CC#N)c1Cl. The summed E-state index contributed by atoms with van der Waals surface area (Å²) in [5, 5.41) is 11.6. The maximum atomic E-state index is 11.2. The van der Waals surface area contributed by atoms with Gasteiger partial charge in [0.25, 0.3) is 0 Å². The lowest BCUT2D eigenvalue weighted by Gasteiger charge is -2.09. The summed E-state index contributed by atoms with van der Waals surface area (Å²) in [6.45, 7) is 1.80. The quantitative estimate of drug-likeness (QED) is 0.867. The van der Waals surface area contributed by atoms with Crippen LogP contribution < -0.4 is 5.32 Å². The Hall–Kier alpha value is -1.24. The van der Waals surface area contributed by atoms with Gasteiger partial charge in [0.15, 0.2) is 0 Å². The number of hydrogen-bond donors (Lipinski definition) is 1. The maximum absolute atomic E-state index is 11.2. The van der Waals surface area contributed by atoms with Gasteiger partial charge in [0.1, 0.15) is 6.42 Å². The zero-order valence-corrected chi connectivity index (χ0v) is 9.49. The first-order valence-electron chi connectivity index (χ1n) is 4.17. The van der Waals surface area contributed by atoms with E-state index in [0.29, 0.717) is 15.7 Å². The molecular formula is C10H8Cl2N2O. The van der Waals surface area contributed by atoms with Gasteiger partial charge in [-0.05, 0) is 18.6 Å². The Morgan fingerprint density at radius 3 is 2.80 bits per heavy atom. The molecule has 78 valence electrons. The number of hydrogen-bond acceptors (Lipinski definition) is 2. The molecule has 0 atom stereocenters. The normalized spacial score (nSPS) is 9.47. The number of aryl methyl sites for hydroxylation is 1. The van der Waals surface area contributed by atoms with Gasteiger partial charge >= 0.3 is 0 Å². The monoisotopic (exact) mass is 242 g/mol. The van der Waals surface area contributed by atoms with E-state index in [1.54, 1.807) is 25.1 Å². The average Bonchev–Trinajstić information content (AvgIpc) is 2.19. The lowest BCUT2D eigenvalue weighted by Crippen LogP contribution is -2.11. The van der Waals surface area contributed by atoms with Crippen molar-refractivity contribution in [1.29, 1.82) is 5.26 Å². The minimum atomic E-state index is -0.424. The van der Waals surface area contributed by atoms with Crippen LogP contribution in [-0.4, -0.2) is 5.91 Å². The third-order valence-corrected chi connectivity index (χ3v) is 2.59. The van der Waals surface area contributed by atoms with E-state index in [1.165, 1.54) is 0 Å². The molecule has 1 aromatic carbocycles. The van der Waals surface area contributed by atoms with Gasteiger partial charge in [-0.2, -0.15) is 5.26 Å². The van der Waals surface area contributed by atoms with Crippen LogP contribution >= 0.6 is 23.2 Å². The van der Waals surface area contributed by atoms with Gasteiger partial charge in [-0.1, -0.05) is 29.3 Å². The second-order valence-electron chi connectivity index (χ2n) is 2.94. The molecule has 0 aliphatic rings. The standard InChI is InChI=1S/C10H8Cl2N2O/c1-6-2-3-7(11)10(9(6)12)14-8(15)4-5-13/h2-3H,4H2,1H3,(H,14,15). The van der Waals surface area contributed by atoms with Crippen LogP contribution in [0.25, 0.3) is 0 Å². The van der Waals surface area contributed by atoms with E-state index in [2.05, 4.69) is 5.32 Å². The molecule has 0 spiro atoms. The van der Waals surface area contributed by atoms with Crippen molar-refractivity contribution in [2.24, 2.45) is 0 Å². The Balaban J connectivity index is 3.00. The van der Waals surface area contributed by atoms with Crippen molar-refractivity contribution in [3.05, 3.63) is 27.7 Å². The number of nitriles is 1. The predicted molar refractivity (Wildman–Crippen MR) is 60.1 cm³/mol. The molecule has 0 saturated carbocycles. The molecule has 0 aromatic heterocycles. The molecule has 1 N–H and O–H groups in total. The van der Waals surface area contributed by atoms with Crippen LogP contribution in [0.15, 0.2) is 12.1 Å². The Labute approximate surface area is 97.6 Å². The first-order valence-corrected chi connectivity index (χ1v) is 4.93. The molecule has 3 nitrogen and oxygen atoms in total. The lowest BCUT2D eigenvalue weighted by atomic mass is 10.2. The summed E-state index contributed by atoms with van der Waals surface area (Å²) in [6, 6.07) is 5.14. The van der Waals surface area contributed by atoms with E-state index in [4.69, 9.17) is 28.5 Å². The fourth-order valence-corrected chi connectivity index (χ4v) is 1.49. The Morgan fingerprint density at radius 2 is 2.20 bits per heavy atom. The maximum Gasteiger partial charge on any atom is 0.238 e. The van der Waals surface area contributed by atoms with Crippen molar-refractivity contribution in [3.8, 4) is 6.07 Å². The summed E-state index contributed by atoms with van der Waals surface area (Å²) in [5.74, 6) is -0.424. The molecule has 1 rings (SSSR count). The van der Waals surface area contributed by atoms with E-state index in [-0.39, 0.29) is 6.42 Å². The number of carbonyl (C=O) groups excluding carboxylic acids is 1. The predicted octanol–water partition coefficient (Wildman–Crippen LogP) is 3.15. The van der Waals surface area contributed by atoms with E-state index in [9.17, 15) is 4.79 Å². The topological polar surface area (TPSA) is 52.9 Å². The first kappa shape index (κ1) is 11.8. The van der Waals surface area contributed by atoms with Crippen molar-refractivity contribution < 1.29 is 4.79 Å². The minimum absolute atomic E-state index is 0.222. The van der Waals surface area contributed by atoms with E-state index >= 15 is 0 Å². The Bertz CT molecular complexity index is 438. The number of benzene rings is 1. The number of carbonyl (C=O) groups is 1. The molecule has 0 saturated heterocycles. The van der Waals surface area contributed by atoms with Gasteiger partial charge in [0.2, 0.25) is 5.91 Å². The average molecular weight is 243 g/mol. The summed E-state index contributed by atoms with van der Waals surface area (Å²) < 4.78 is 0. The lowest BCUT2D eigenvalue weighted by molar-refractivity contribution is -0.115. The number of amides is 1. The van der Waals surface area contributed by atoms with Crippen LogP contribution in [0, 0.1) is 18.3 Å². The van der Waals surface area contributed by atoms with Gasteiger partial charge in [-0.3, -0.25) is 4.79 Å². The fourth-order valence-electron chi connectivity index (χ4n) is 1.03. The summed E-state index contributed by atoms with van der Waals surface area (Å²) in [7, 11) is 0. The highest BCUT2D eigenvalue weighted by Crippen LogP contribution is 2.32. The molecule has 1 amide bonds. The highest BCUT2D eigenvalue weighted by molar-refractivity contribution is 6.40. The summed E-state index contributed by atoms with van der Waals surface area (Å²) >= 11 is 11.8. The summed E-state index contributed by atoms with van der Waals surface area (Å²) in [4.78, 5) is 11.2. The first-order chi connectivity index (χ1) is 7.06. The molecule has 0 unspecified atom stereocenters. The van der Waals surface area contributed by atoms with Crippen LogP contribution in [0.4, 0.5) is 5.69 Å². The van der Waals surface area contributed by atoms with Gasteiger partial charge < -0.3 is 5.32 Å². The molecule has 0 fully saturated rings. The molecule has 1 aromatic rings. The number of halogens is 2. The van der Waals surface area contributed by atoms with Crippen molar-refractivity contribution in [1.82, 2.24) is 0 Å². The molecular weight excluding hydrogens is 235 g/mol. The Morgan fingerprint density at radius 1 is 1.53 bits per heavy atom. The van der Waals surface area contributed by atoms with E-state index < -0.39 is 5.91 Å². The van der Waals surface area contributed by atoms with Crippen LogP contribution in [0.2, 0.25) is 10.0 Å². The van der Waals surface area contributed by atoms with E-state index in [1.807, 2.05) is 0 Å². The van der Waals surface area contributed by atoms with Gasteiger partial charge in [0, 0.05) is 0 Å². The number of nitrogens with zero attached hydrogens (tertiary/aromatic N) is 1. The molecule has 0 bridgehead atoms. The number of nitrogens with one attached hydrogen (secondary N) is 1. The molecule has 0 aliphatic heterocycles. The number of anilines is 1. The second-order valence-corrected chi connectivity index (χ2v) is 3.72. The van der Waals surface area contributed by atoms with Crippen molar-refractivity contribution in [2.75, 3.05) is 5.32 Å². The smallest absolute Gasteiger partial charge is 0.238 e. The molecule has 5 heteroatoms. The molecule has 0 radical (unpaired) electrons. The van der Waals surface area contributed by atoms with Crippen LogP contribution in [0.1, 0.15) is 12.0 Å². The minimum Gasteiger partial charge on any atom is -0.323 e. The van der Waals surface area contributed by atoms with Crippen molar-refractivity contribution in [2.45, 2.75) is 13.3 Å². The summed E-state index contributed by atoms with van der Waals surface area (Å²) in [6.07, 6.45) is -0.222. The largest absolute Gasteiger partial charge is 0.323 e. The third-order valence-electron chi connectivity index (χ3n) is 1.79. The van der Waals surface area contributed by atoms with E-state index in [0.717, 1.165) is 5.56 Å². The van der Waals surface area contributed by atoms with Crippen LogP contribution in [0.5, 0.6) is 0 Å². The van der Waals surface area contributed by atoms with Crippen molar-refractivity contribution >= 4 is 34.8 Å². The zero-order valence-electron chi connectivity index (χ0n) is 7.97. The fraction of sp³-hybridized carbons (Fsp3) is 0.200. The highest BCUT2D eigenvalue weighted by atomic mass is 35.5. The number of rotatable bonds is 2. The van der Waals surface area contributed by atoms with Gasteiger partial charge in [-0.15, -0.1) is 0 Å². The Kier molecular flexibility index (Phi) is 3.96. The van der Waals surface area contributed by atoms with Crippen LogP contribution in [0.3, 0.4) is 0 Å². The third kappa shape index (κ3) is 2.85. The second kappa shape index (κ2) is 5.01. The van der Waals surface area contributed by atoms with Gasteiger partial charge in [0.05, 0.1) is 21.8 Å². The molecule has 15 heavy (non-hydrogen) atoms. The molecule has 0 heterocycles. The van der Waals surface area contributed by atoms with Gasteiger partial charge in [-0.25, -0.2) is 0 Å². The highest BCUT2D eigenvalue weighted by Gasteiger charge is 2.11. The summed E-state index contributed by atoms with van der Waals surface area (Å²) in [5.41, 5.74) is 1.17. The zero-order chi connectivity index (χ0) is 11.4. The molecule has 0 aliphatic carbocycles. The van der Waals surface area contributed by atoms with Crippen LogP contribution in [-0.2, 0) is 4.79 Å².